The summed E-state index contributed by atoms with van der Waals surface area (Å²) in [7, 11) is 0. The maximum absolute atomic E-state index is 4.83. The van der Waals surface area contributed by atoms with Crippen LogP contribution in [0.3, 0.4) is 0 Å². The fraction of sp³-hybridized carbons (Fsp3) is 0.375. The van der Waals surface area contributed by atoms with Gasteiger partial charge in [0.05, 0.1) is 11.2 Å². The van der Waals surface area contributed by atoms with E-state index in [-0.39, 0.29) is 5.54 Å². The maximum Gasteiger partial charge on any atom is 0.150 e. The molecule has 3 heterocycles. The molecule has 4 nitrogen and oxygen atoms in total. The van der Waals surface area contributed by atoms with Gasteiger partial charge in [-0.2, -0.15) is 0 Å². The van der Waals surface area contributed by atoms with E-state index in [9.17, 15) is 0 Å². The van der Waals surface area contributed by atoms with Gasteiger partial charge >= 0.3 is 0 Å². The molecule has 2 atom stereocenters. The standard InChI is InChI=1S/C16H18N4/c1-2-4-12(5-3-1)14-7-9-18-15(20-14)16-11-17-8-6-13(16)10-19-16/h1-5,7,9,13,17,19H,6,8,10-11H2. The topological polar surface area (TPSA) is 49.8 Å². The van der Waals surface area contributed by atoms with E-state index in [0.29, 0.717) is 5.92 Å². The van der Waals surface area contributed by atoms with Crippen LogP contribution in [0.1, 0.15) is 12.2 Å². The minimum atomic E-state index is -0.0525. The first-order valence-corrected chi connectivity index (χ1v) is 7.23. The molecule has 0 aliphatic carbocycles. The summed E-state index contributed by atoms with van der Waals surface area (Å²) in [5.41, 5.74) is 2.10. The number of hydrogen-bond donors (Lipinski definition) is 2. The number of piperidine rings is 1. The van der Waals surface area contributed by atoms with Gasteiger partial charge in [0.2, 0.25) is 0 Å². The molecule has 4 heteroatoms. The van der Waals surface area contributed by atoms with E-state index in [1.54, 1.807) is 0 Å². The Bertz CT molecular complexity index is 613. The molecular formula is C16H18N4. The van der Waals surface area contributed by atoms with Crippen molar-refractivity contribution in [1.29, 1.82) is 0 Å². The largest absolute Gasteiger partial charge is 0.314 e. The second-order valence-corrected chi connectivity index (χ2v) is 5.65. The first-order valence-electron chi connectivity index (χ1n) is 7.23. The quantitative estimate of drug-likeness (QED) is 0.866. The van der Waals surface area contributed by atoms with Crippen molar-refractivity contribution in [3.8, 4) is 11.3 Å². The molecule has 20 heavy (non-hydrogen) atoms. The van der Waals surface area contributed by atoms with E-state index in [1.807, 2.05) is 30.5 Å². The summed E-state index contributed by atoms with van der Waals surface area (Å²) >= 11 is 0. The Kier molecular flexibility index (Phi) is 2.79. The Morgan fingerprint density at radius 2 is 2.05 bits per heavy atom. The number of fused-ring (bicyclic) bond motifs is 1. The molecule has 0 radical (unpaired) electrons. The molecule has 2 aliphatic rings. The average Bonchev–Trinajstić information content (AvgIpc) is 2.50. The summed E-state index contributed by atoms with van der Waals surface area (Å²) in [6, 6.07) is 12.3. The third kappa shape index (κ3) is 1.76. The highest BCUT2D eigenvalue weighted by Gasteiger charge is 2.51. The molecule has 0 spiro atoms. The predicted molar refractivity (Wildman–Crippen MR) is 78.1 cm³/mol. The van der Waals surface area contributed by atoms with Gasteiger partial charge in [-0.15, -0.1) is 0 Å². The van der Waals surface area contributed by atoms with Gasteiger partial charge in [-0.3, -0.25) is 0 Å². The molecule has 2 fully saturated rings. The third-order valence-electron chi connectivity index (χ3n) is 4.56. The number of rotatable bonds is 2. The molecule has 2 saturated heterocycles. The average molecular weight is 266 g/mol. The van der Waals surface area contributed by atoms with Gasteiger partial charge in [0.1, 0.15) is 0 Å². The van der Waals surface area contributed by atoms with Crippen LogP contribution in [0.4, 0.5) is 0 Å². The Morgan fingerprint density at radius 1 is 1.15 bits per heavy atom. The Balaban J connectivity index is 1.73. The molecule has 102 valence electrons. The lowest BCUT2D eigenvalue weighted by Gasteiger charge is -2.52. The van der Waals surface area contributed by atoms with E-state index in [1.165, 1.54) is 6.42 Å². The first kappa shape index (κ1) is 12.0. The molecule has 0 bridgehead atoms. The van der Waals surface area contributed by atoms with Crippen molar-refractivity contribution in [2.75, 3.05) is 19.6 Å². The van der Waals surface area contributed by atoms with E-state index in [2.05, 4.69) is 27.8 Å². The fourth-order valence-corrected chi connectivity index (χ4v) is 3.29. The molecule has 0 amide bonds. The van der Waals surface area contributed by atoms with Crippen molar-refractivity contribution in [2.24, 2.45) is 5.92 Å². The lowest BCUT2D eigenvalue weighted by molar-refractivity contribution is 0.0540. The molecular weight excluding hydrogens is 248 g/mol. The van der Waals surface area contributed by atoms with Crippen LogP contribution in [0.25, 0.3) is 11.3 Å². The molecule has 1 aromatic carbocycles. The van der Waals surface area contributed by atoms with Gasteiger partial charge in [-0.05, 0) is 24.9 Å². The number of nitrogens with zero attached hydrogens (tertiary/aromatic N) is 2. The monoisotopic (exact) mass is 266 g/mol. The minimum Gasteiger partial charge on any atom is -0.314 e. The van der Waals surface area contributed by atoms with Crippen LogP contribution in [0.5, 0.6) is 0 Å². The SMILES string of the molecule is c1ccc(-c2ccnc(C34CNCCC3CN4)n2)cc1. The summed E-state index contributed by atoms with van der Waals surface area (Å²) in [6.45, 7) is 3.11. The van der Waals surface area contributed by atoms with Crippen molar-refractivity contribution in [1.82, 2.24) is 20.6 Å². The predicted octanol–water partition coefficient (Wildman–Crippen LogP) is 1.55. The van der Waals surface area contributed by atoms with E-state index in [0.717, 1.165) is 36.7 Å². The molecule has 2 unspecified atom stereocenters. The zero-order valence-electron chi connectivity index (χ0n) is 11.3. The number of hydrogen-bond acceptors (Lipinski definition) is 4. The van der Waals surface area contributed by atoms with Crippen molar-refractivity contribution in [2.45, 2.75) is 12.0 Å². The number of aromatic nitrogens is 2. The number of nitrogens with one attached hydrogen (secondary N) is 2. The highest BCUT2D eigenvalue weighted by Crippen LogP contribution is 2.38. The Hall–Kier alpha value is -1.78. The van der Waals surface area contributed by atoms with Gasteiger partial charge in [0.25, 0.3) is 0 Å². The first-order chi connectivity index (χ1) is 9.88. The van der Waals surface area contributed by atoms with E-state index in [4.69, 9.17) is 4.98 Å². The van der Waals surface area contributed by atoms with Gasteiger partial charge in [-0.1, -0.05) is 30.3 Å². The zero-order chi connectivity index (χ0) is 13.4. The van der Waals surface area contributed by atoms with Crippen molar-refractivity contribution in [3.63, 3.8) is 0 Å². The third-order valence-corrected chi connectivity index (χ3v) is 4.56. The second kappa shape index (κ2) is 4.65. The minimum absolute atomic E-state index is 0.0525. The Morgan fingerprint density at radius 3 is 2.80 bits per heavy atom. The molecule has 2 aliphatic heterocycles. The maximum atomic E-state index is 4.83. The summed E-state index contributed by atoms with van der Waals surface area (Å²) in [6.07, 6.45) is 3.08. The summed E-state index contributed by atoms with van der Waals surface area (Å²) in [5.74, 6) is 1.59. The summed E-state index contributed by atoms with van der Waals surface area (Å²) in [4.78, 5) is 9.37. The smallest absolute Gasteiger partial charge is 0.150 e. The van der Waals surface area contributed by atoms with Gasteiger partial charge in [0, 0.05) is 24.8 Å². The van der Waals surface area contributed by atoms with Crippen LogP contribution in [-0.2, 0) is 5.54 Å². The fourth-order valence-electron chi connectivity index (χ4n) is 3.29. The summed E-state index contributed by atoms with van der Waals surface area (Å²) in [5, 5.41) is 7.04. The van der Waals surface area contributed by atoms with Gasteiger partial charge < -0.3 is 10.6 Å². The van der Waals surface area contributed by atoms with Gasteiger partial charge in [0.15, 0.2) is 5.82 Å². The lowest BCUT2D eigenvalue weighted by Crippen LogP contribution is -2.70. The van der Waals surface area contributed by atoms with E-state index < -0.39 is 0 Å². The molecule has 2 aromatic rings. The van der Waals surface area contributed by atoms with Gasteiger partial charge in [-0.25, -0.2) is 9.97 Å². The summed E-state index contributed by atoms with van der Waals surface area (Å²) < 4.78 is 0. The lowest BCUT2D eigenvalue weighted by atomic mass is 9.71. The van der Waals surface area contributed by atoms with Crippen LogP contribution in [0.15, 0.2) is 42.6 Å². The van der Waals surface area contributed by atoms with Crippen molar-refractivity contribution < 1.29 is 0 Å². The van der Waals surface area contributed by atoms with Crippen LogP contribution in [-0.4, -0.2) is 29.6 Å². The molecule has 4 rings (SSSR count). The highest BCUT2D eigenvalue weighted by atomic mass is 15.2. The van der Waals surface area contributed by atoms with Crippen LogP contribution >= 0.6 is 0 Å². The zero-order valence-corrected chi connectivity index (χ0v) is 11.3. The Labute approximate surface area is 118 Å². The van der Waals surface area contributed by atoms with Crippen LogP contribution in [0.2, 0.25) is 0 Å². The van der Waals surface area contributed by atoms with E-state index >= 15 is 0 Å². The highest BCUT2D eigenvalue weighted by molar-refractivity contribution is 5.58. The molecule has 2 N–H and O–H groups in total. The second-order valence-electron chi connectivity index (χ2n) is 5.65. The van der Waals surface area contributed by atoms with Crippen molar-refractivity contribution >= 4 is 0 Å². The molecule has 0 saturated carbocycles. The molecule has 1 aromatic heterocycles. The number of benzene rings is 1. The normalized spacial score (nSPS) is 28.5. The van der Waals surface area contributed by atoms with Crippen molar-refractivity contribution in [3.05, 3.63) is 48.4 Å². The van der Waals surface area contributed by atoms with Crippen LogP contribution in [0, 0.1) is 5.92 Å². The van der Waals surface area contributed by atoms with Crippen LogP contribution < -0.4 is 10.6 Å².